The number of hydrogen-bond acceptors (Lipinski definition) is 4. The molecule has 2 aromatic rings. The van der Waals surface area contributed by atoms with Crippen molar-refractivity contribution in [3.63, 3.8) is 0 Å². The Labute approximate surface area is 131 Å². The van der Waals surface area contributed by atoms with E-state index in [4.69, 9.17) is 4.74 Å². The maximum absolute atomic E-state index is 10.7. The highest BCUT2D eigenvalue weighted by molar-refractivity contribution is 9.10. The highest BCUT2D eigenvalue weighted by atomic mass is 79.9. The van der Waals surface area contributed by atoms with Gasteiger partial charge in [-0.25, -0.2) is 0 Å². The predicted octanol–water partition coefficient (Wildman–Crippen LogP) is 4.02. The molecule has 0 saturated carbocycles. The van der Waals surface area contributed by atoms with E-state index >= 15 is 0 Å². The third kappa shape index (κ3) is 4.19. The van der Waals surface area contributed by atoms with Gasteiger partial charge in [-0.1, -0.05) is 12.1 Å². The molecule has 0 heterocycles. The van der Waals surface area contributed by atoms with Crippen LogP contribution >= 0.6 is 15.9 Å². The second-order valence-electron chi connectivity index (χ2n) is 4.45. The first-order valence-electron chi connectivity index (χ1n) is 6.41. The van der Waals surface area contributed by atoms with E-state index in [9.17, 15) is 10.1 Å². The van der Waals surface area contributed by atoms with Crippen molar-refractivity contribution in [2.24, 2.45) is 0 Å². The van der Waals surface area contributed by atoms with Crippen LogP contribution in [0.25, 0.3) is 0 Å². The predicted molar refractivity (Wildman–Crippen MR) is 86.0 cm³/mol. The molecule has 21 heavy (non-hydrogen) atoms. The average Bonchev–Trinajstić information content (AvgIpc) is 2.49. The normalized spacial score (nSPS) is 10.2. The number of anilines is 1. The second-order valence-corrected chi connectivity index (χ2v) is 5.30. The summed E-state index contributed by atoms with van der Waals surface area (Å²) >= 11 is 3.34. The molecule has 0 saturated heterocycles. The number of nitrogens with zero attached hydrogens (tertiary/aromatic N) is 1. The van der Waals surface area contributed by atoms with Gasteiger partial charge >= 0.3 is 0 Å². The zero-order valence-corrected chi connectivity index (χ0v) is 13.1. The van der Waals surface area contributed by atoms with Crippen molar-refractivity contribution in [3.05, 3.63) is 62.6 Å². The lowest BCUT2D eigenvalue weighted by atomic mass is 10.1. The molecule has 0 spiro atoms. The summed E-state index contributed by atoms with van der Waals surface area (Å²) in [4.78, 5) is 10.3. The summed E-state index contributed by atoms with van der Waals surface area (Å²) in [5.41, 5.74) is 2.07. The smallest absolute Gasteiger partial charge is 0.270 e. The summed E-state index contributed by atoms with van der Waals surface area (Å²) in [7, 11) is 1.64. The van der Waals surface area contributed by atoms with Crippen LogP contribution in [0.5, 0.6) is 5.75 Å². The van der Waals surface area contributed by atoms with E-state index in [-0.39, 0.29) is 5.69 Å². The number of benzene rings is 2. The number of nitro groups is 1. The van der Waals surface area contributed by atoms with Gasteiger partial charge in [-0.3, -0.25) is 10.1 Å². The van der Waals surface area contributed by atoms with Crippen molar-refractivity contribution in [1.29, 1.82) is 0 Å². The molecule has 0 unspecified atom stereocenters. The van der Waals surface area contributed by atoms with E-state index in [2.05, 4.69) is 21.2 Å². The summed E-state index contributed by atoms with van der Waals surface area (Å²) in [6.45, 7) is 0.726. The molecule has 5 nitrogen and oxygen atoms in total. The number of halogens is 1. The number of rotatable bonds is 6. The molecule has 0 aliphatic carbocycles. The van der Waals surface area contributed by atoms with Crippen molar-refractivity contribution in [1.82, 2.24) is 0 Å². The van der Waals surface area contributed by atoms with E-state index in [1.54, 1.807) is 13.2 Å². The van der Waals surface area contributed by atoms with Gasteiger partial charge in [0.2, 0.25) is 0 Å². The fraction of sp³-hybridized carbons (Fsp3) is 0.200. The van der Waals surface area contributed by atoms with Crippen molar-refractivity contribution < 1.29 is 9.66 Å². The maximum atomic E-state index is 10.7. The fourth-order valence-corrected chi connectivity index (χ4v) is 2.44. The van der Waals surface area contributed by atoms with Gasteiger partial charge in [-0.15, -0.1) is 0 Å². The molecule has 0 amide bonds. The molecule has 0 atom stereocenters. The standard InChI is InChI=1S/C15H15BrN2O3/c1-21-13-4-2-3-11(9-13)7-8-17-15-6-5-12(18(19)20)10-14(15)16/h2-6,9-10,17H,7-8H2,1H3. The van der Waals surface area contributed by atoms with Crippen molar-refractivity contribution in [3.8, 4) is 5.75 Å². The van der Waals surface area contributed by atoms with Crippen molar-refractivity contribution in [2.75, 3.05) is 19.0 Å². The van der Waals surface area contributed by atoms with Crippen LogP contribution < -0.4 is 10.1 Å². The van der Waals surface area contributed by atoms with Crippen LogP contribution in [0.1, 0.15) is 5.56 Å². The lowest BCUT2D eigenvalue weighted by Crippen LogP contribution is -2.05. The van der Waals surface area contributed by atoms with E-state index in [0.29, 0.717) is 4.47 Å². The van der Waals surface area contributed by atoms with Gasteiger partial charge in [0.1, 0.15) is 5.75 Å². The number of ether oxygens (including phenoxy) is 1. The average molecular weight is 351 g/mol. The van der Waals surface area contributed by atoms with Gasteiger partial charge < -0.3 is 10.1 Å². The molecule has 0 fully saturated rings. The molecule has 6 heteroatoms. The molecule has 0 aromatic heterocycles. The quantitative estimate of drug-likeness (QED) is 0.631. The Morgan fingerprint density at radius 3 is 2.76 bits per heavy atom. The topological polar surface area (TPSA) is 64.4 Å². The fourth-order valence-electron chi connectivity index (χ4n) is 1.93. The second kappa shape index (κ2) is 7.08. The Hall–Kier alpha value is -2.08. The molecule has 1 N–H and O–H groups in total. The Kier molecular flexibility index (Phi) is 5.16. The van der Waals surface area contributed by atoms with E-state index in [1.165, 1.54) is 17.7 Å². The monoisotopic (exact) mass is 350 g/mol. The number of hydrogen-bond donors (Lipinski definition) is 1. The Balaban J connectivity index is 1.95. The lowest BCUT2D eigenvalue weighted by molar-refractivity contribution is -0.384. The minimum absolute atomic E-state index is 0.0696. The summed E-state index contributed by atoms with van der Waals surface area (Å²) in [6, 6.07) is 12.6. The first-order chi connectivity index (χ1) is 10.1. The van der Waals surface area contributed by atoms with Crippen LogP contribution in [0.4, 0.5) is 11.4 Å². The van der Waals surface area contributed by atoms with E-state index in [1.807, 2.05) is 24.3 Å². The van der Waals surface area contributed by atoms with E-state index in [0.717, 1.165) is 24.4 Å². The van der Waals surface area contributed by atoms with Crippen LogP contribution in [-0.2, 0) is 6.42 Å². The van der Waals surface area contributed by atoms with Crippen molar-refractivity contribution in [2.45, 2.75) is 6.42 Å². The molecule has 0 aliphatic rings. The Bertz CT molecular complexity index is 647. The van der Waals surface area contributed by atoms with Crippen LogP contribution in [0.2, 0.25) is 0 Å². The number of non-ortho nitro benzene ring substituents is 1. The molecule has 110 valence electrons. The van der Waals surface area contributed by atoms with Gasteiger partial charge in [0.05, 0.1) is 12.0 Å². The third-order valence-corrected chi connectivity index (χ3v) is 3.68. The summed E-state index contributed by atoms with van der Waals surface area (Å²) < 4.78 is 5.87. The van der Waals surface area contributed by atoms with Crippen LogP contribution in [-0.4, -0.2) is 18.6 Å². The SMILES string of the molecule is COc1cccc(CCNc2ccc([N+](=O)[O-])cc2Br)c1. The molecule has 0 aliphatic heterocycles. The zero-order valence-electron chi connectivity index (χ0n) is 11.5. The van der Waals surface area contributed by atoms with Crippen LogP contribution in [0.3, 0.4) is 0 Å². The number of nitro benzene ring substituents is 1. The van der Waals surface area contributed by atoms with Gasteiger partial charge in [-0.05, 0) is 46.1 Å². The largest absolute Gasteiger partial charge is 0.497 e. The first-order valence-corrected chi connectivity index (χ1v) is 7.20. The molecule has 2 aromatic carbocycles. The minimum atomic E-state index is -0.412. The summed E-state index contributed by atoms with van der Waals surface area (Å²) in [5.74, 6) is 0.837. The van der Waals surface area contributed by atoms with E-state index < -0.39 is 4.92 Å². The highest BCUT2D eigenvalue weighted by Crippen LogP contribution is 2.27. The molecule has 0 bridgehead atoms. The van der Waals surface area contributed by atoms with Gasteiger partial charge in [0.15, 0.2) is 0 Å². The molecular formula is C15H15BrN2O3. The van der Waals surface area contributed by atoms with Crippen molar-refractivity contribution >= 4 is 27.3 Å². The van der Waals surface area contributed by atoms with Crippen LogP contribution in [0.15, 0.2) is 46.9 Å². The van der Waals surface area contributed by atoms with Gasteiger partial charge in [0.25, 0.3) is 5.69 Å². The molecular weight excluding hydrogens is 336 g/mol. The van der Waals surface area contributed by atoms with Gasteiger partial charge in [0, 0.05) is 28.8 Å². The zero-order chi connectivity index (χ0) is 15.2. The Morgan fingerprint density at radius 2 is 2.10 bits per heavy atom. The lowest BCUT2D eigenvalue weighted by Gasteiger charge is -2.09. The van der Waals surface area contributed by atoms with Gasteiger partial charge in [-0.2, -0.15) is 0 Å². The highest BCUT2D eigenvalue weighted by Gasteiger charge is 2.08. The number of methoxy groups -OCH3 is 1. The maximum Gasteiger partial charge on any atom is 0.270 e. The van der Waals surface area contributed by atoms with Crippen LogP contribution in [0, 0.1) is 10.1 Å². The molecule has 0 radical (unpaired) electrons. The summed E-state index contributed by atoms with van der Waals surface area (Å²) in [6.07, 6.45) is 0.834. The molecule has 2 rings (SSSR count). The third-order valence-electron chi connectivity index (χ3n) is 3.03. The minimum Gasteiger partial charge on any atom is -0.497 e. The summed E-state index contributed by atoms with van der Waals surface area (Å²) in [5, 5.41) is 13.9. The Morgan fingerprint density at radius 1 is 1.29 bits per heavy atom. The number of nitrogens with one attached hydrogen (secondary N) is 1. The first kappa shape index (κ1) is 15.3.